The highest BCUT2D eigenvalue weighted by Gasteiger charge is 2.44. The van der Waals surface area contributed by atoms with Crippen molar-refractivity contribution in [3.63, 3.8) is 0 Å². The van der Waals surface area contributed by atoms with Gasteiger partial charge in [0, 0.05) is 23.4 Å². The molecule has 2 aromatic rings. The van der Waals surface area contributed by atoms with Crippen molar-refractivity contribution < 1.29 is 10.2 Å². The number of nitrogens with zero attached hydrogens (tertiary/aromatic N) is 1. The highest BCUT2D eigenvalue weighted by molar-refractivity contribution is 5.58. The maximum absolute atomic E-state index is 11.1. The highest BCUT2D eigenvalue weighted by atomic mass is 16.3. The fraction of sp³-hybridized carbons (Fsp3) is 0.357. The lowest BCUT2D eigenvalue weighted by Crippen LogP contribution is -2.04. The Balaban J connectivity index is 1.95. The Bertz CT molecular complexity index is 675. The molecule has 19 heavy (non-hydrogen) atoms. The Hall–Kier alpha value is -2.17. The van der Waals surface area contributed by atoms with Gasteiger partial charge in [0.15, 0.2) is 0 Å². The summed E-state index contributed by atoms with van der Waals surface area (Å²) < 4.78 is 1.42. The van der Waals surface area contributed by atoms with Crippen LogP contribution in [0, 0.1) is 0 Å². The number of hydrogen-bond donors (Lipinski definition) is 3. The van der Waals surface area contributed by atoms with Gasteiger partial charge in [0.1, 0.15) is 0 Å². The quantitative estimate of drug-likeness (QED) is 0.731. The lowest BCUT2D eigenvalue weighted by atomic mass is 9.95. The third-order valence-electron chi connectivity index (χ3n) is 4.47. The van der Waals surface area contributed by atoms with Gasteiger partial charge in [0.25, 0.3) is 0 Å². The molecular weight excluding hydrogens is 244 g/mol. The molecule has 0 radical (unpaired) electrons. The van der Waals surface area contributed by atoms with Gasteiger partial charge in [-0.25, -0.2) is 4.57 Å². The zero-order valence-corrected chi connectivity index (χ0v) is 10.3. The minimum Gasteiger partial charge on any atom is -0.494 e. The number of rotatable bonds is 1. The second-order valence-corrected chi connectivity index (χ2v) is 5.43. The summed E-state index contributed by atoms with van der Waals surface area (Å²) in [6.45, 7) is 0. The molecule has 2 aliphatic rings. The average molecular weight is 258 g/mol. The number of pyridine rings is 1. The van der Waals surface area contributed by atoms with Crippen LogP contribution < -0.4 is 5.56 Å². The van der Waals surface area contributed by atoms with Gasteiger partial charge in [0.2, 0.25) is 17.3 Å². The minimum absolute atomic E-state index is 0.117. The van der Waals surface area contributed by atoms with Gasteiger partial charge in [-0.3, -0.25) is 4.79 Å². The first-order chi connectivity index (χ1) is 9.16. The molecule has 1 saturated carbocycles. The molecule has 4 rings (SSSR count). The molecule has 98 valence electrons. The normalized spacial score (nSPS) is 23.8. The van der Waals surface area contributed by atoms with Gasteiger partial charge < -0.3 is 15.2 Å². The fourth-order valence-corrected chi connectivity index (χ4v) is 3.68. The van der Waals surface area contributed by atoms with E-state index < -0.39 is 0 Å². The smallest absolute Gasteiger partial charge is 0.248 e. The molecule has 2 atom stereocenters. The molecule has 5 heteroatoms. The number of aromatic amines is 1. The number of H-pyrrole nitrogens is 1. The van der Waals surface area contributed by atoms with E-state index in [1.165, 1.54) is 16.8 Å². The van der Waals surface area contributed by atoms with E-state index in [4.69, 9.17) is 0 Å². The molecule has 2 bridgehead atoms. The Morgan fingerprint density at radius 3 is 2.26 bits per heavy atom. The molecular formula is C14H14N2O3. The monoisotopic (exact) mass is 258 g/mol. The molecule has 0 amide bonds. The minimum atomic E-state index is -0.206. The van der Waals surface area contributed by atoms with Crippen LogP contribution in [0.25, 0.3) is 5.69 Å². The summed E-state index contributed by atoms with van der Waals surface area (Å²) in [5.41, 5.74) is 2.17. The molecule has 1 fully saturated rings. The van der Waals surface area contributed by atoms with Crippen LogP contribution in [-0.4, -0.2) is 19.8 Å². The summed E-state index contributed by atoms with van der Waals surface area (Å²) in [6, 6.07) is 2.98. The van der Waals surface area contributed by atoms with E-state index in [2.05, 4.69) is 4.98 Å². The molecule has 0 aliphatic heterocycles. The van der Waals surface area contributed by atoms with E-state index in [1.807, 2.05) is 0 Å². The van der Waals surface area contributed by atoms with Crippen molar-refractivity contribution >= 4 is 0 Å². The van der Waals surface area contributed by atoms with Crippen LogP contribution in [0.3, 0.4) is 0 Å². The first-order valence-corrected chi connectivity index (χ1v) is 6.52. The van der Waals surface area contributed by atoms with Crippen molar-refractivity contribution in [1.82, 2.24) is 9.55 Å². The van der Waals surface area contributed by atoms with E-state index in [0.29, 0.717) is 17.5 Å². The number of nitrogens with one attached hydrogen (secondary N) is 1. The molecule has 0 saturated heterocycles. The van der Waals surface area contributed by atoms with E-state index in [-0.39, 0.29) is 17.3 Å². The van der Waals surface area contributed by atoms with Gasteiger partial charge in [-0.05, 0) is 37.2 Å². The summed E-state index contributed by atoms with van der Waals surface area (Å²) in [5, 5.41) is 20.8. The number of aromatic hydroxyl groups is 2. The fourth-order valence-electron chi connectivity index (χ4n) is 3.68. The molecule has 0 spiro atoms. The second kappa shape index (κ2) is 3.44. The van der Waals surface area contributed by atoms with Crippen LogP contribution in [-0.2, 0) is 0 Å². The van der Waals surface area contributed by atoms with Crippen LogP contribution in [0.2, 0.25) is 0 Å². The van der Waals surface area contributed by atoms with Gasteiger partial charge in [-0.2, -0.15) is 0 Å². The average Bonchev–Trinajstić information content (AvgIpc) is 3.06. The Morgan fingerprint density at radius 2 is 1.74 bits per heavy atom. The maximum atomic E-state index is 11.1. The number of hydrogen-bond acceptors (Lipinski definition) is 3. The third kappa shape index (κ3) is 1.27. The van der Waals surface area contributed by atoms with Gasteiger partial charge in [-0.15, -0.1) is 0 Å². The summed E-state index contributed by atoms with van der Waals surface area (Å²) >= 11 is 0. The molecule has 2 heterocycles. The number of fused-ring (bicyclic) bond motifs is 5. The lowest BCUT2D eigenvalue weighted by Gasteiger charge is -2.09. The second-order valence-electron chi connectivity index (χ2n) is 5.43. The van der Waals surface area contributed by atoms with Gasteiger partial charge in [0.05, 0.1) is 5.69 Å². The highest BCUT2D eigenvalue weighted by Crippen LogP contribution is 2.60. The predicted molar refractivity (Wildman–Crippen MR) is 69.1 cm³/mol. The van der Waals surface area contributed by atoms with E-state index in [1.54, 1.807) is 6.07 Å². The SMILES string of the molecule is O=c1ccc(-n2c(O)c3c(c2O)[C@H]2CC[C@@H]3C2)c[nH]1. The predicted octanol–water partition coefficient (Wildman–Crippen LogP) is 1.94. The summed E-state index contributed by atoms with van der Waals surface area (Å²) in [6.07, 6.45) is 4.71. The zero-order valence-electron chi connectivity index (χ0n) is 10.3. The van der Waals surface area contributed by atoms with Crippen LogP contribution in [0.4, 0.5) is 0 Å². The van der Waals surface area contributed by atoms with Gasteiger partial charge >= 0.3 is 0 Å². The van der Waals surface area contributed by atoms with Crippen LogP contribution in [0.15, 0.2) is 23.1 Å². The first-order valence-electron chi connectivity index (χ1n) is 6.52. The molecule has 2 aromatic heterocycles. The number of aromatic nitrogens is 2. The standard InChI is InChI=1S/C14H14N2O3/c17-10-4-3-9(6-15-10)16-13(18)11-7-1-2-8(5-7)12(11)14(16)19/h3-4,6-8,18-19H,1-2,5H2,(H,15,17)/t7-,8+. The molecule has 5 nitrogen and oxygen atoms in total. The first kappa shape index (κ1) is 10.7. The summed E-state index contributed by atoms with van der Waals surface area (Å²) in [7, 11) is 0. The van der Waals surface area contributed by atoms with Crippen LogP contribution in [0.5, 0.6) is 11.8 Å². The van der Waals surface area contributed by atoms with Crippen molar-refractivity contribution in [2.24, 2.45) is 0 Å². The van der Waals surface area contributed by atoms with Crippen molar-refractivity contribution in [1.29, 1.82) is 0 Å². The van der Waals surface area contributed by atoms with Crippen molar-refractivity contribution in [3.8, 4) is 17.4 Å². The van der Waals surface area contributed by atoms with E-state index in [0.717, 1.165) is 30.4 Å². The van der Waals surface area contributed by atoms with Gasteiger partial charge in [-0.1, -0.05) is 0 Å². The molecule has 0 aromatic carbocycles. The third-order valence-corrected chi connectivity index (χ3v) is 4.47. The lowest BCUT2D eigenvalue weighted by molar-refractivity contribution is 0.394. The molecule has 2 aliphatic carbocycles. The molecule has 3 N–H and O–H groups in total. The Morgan fingerprint density at radius 1 is 1.11 bits per heavy atom. The Kier molecular flexibility index (Phi) is 1.94. The van der Waals surface area contributed by atoms with Crippen molar-refractivity contribution in [3.05, 3.63) is 39.8 Å². The zero-order chi connectivity index (χ0) is 13.1. The summed E-state index contributed by atoms with van der Waals surface area (Å²) in [5.74, 6) is 0.975. The largest absolute Gasteiger partial charge is 0.494 e. The summed E-state index contributed by atoms with van der Waals surface area (Å²) in [4.78, 5) is 13.6. The van der Waals surface area contributed by atoms with Crippen LogP contribution >= 0.6 is 0 Å². The van der Waals surface area contributed by atoms with E-state index >= 15 is 0 Å². The van der Waals surface area contributed by atoms with E-state index in [9.17, 15) is 15.0 Å². The topological polar surface area (TPSA) is 78.2 Å². The molecule has 0 unspecified atom stereocenters. The van der Waals surface area contributed by atoms with Crippen molar-refractivity contribution in [2.45, 2.75) is 31.1 Å². The van der Waals surface area contributed by atoms with Crippen molar-refractivity contribution in [2.75, 3.05) is 0 Å². The maximum Gasteiger partial charge on any atom is 0.248 e. The van der Waals surface area contributed by atoms with Crippen LogP contribution in [0.1, 0.15) is 42.2 Å². The Labute approximate surface area is 109 Å².